The van der Waals surface area contributed by atoms with Crippen molar-refractivity contribution in [2.75, 3.05) is 12.4 Å². The number of carboxylic acids is 1. The Morgan fingerprint density at radius 2 is 2.39 bits per heavy atom. The SMILES string of the molecule is C[C@H](NSCC(=O)COc1cccnc1)C(=O)O. The maximum Gasteiger partial charge on any atom is 0.321 e. The second kappa shape index (κ2) is 7.67. The number of carboxylic acid groups (broad SMARTS) is 1. The number of Topliss-reactive ketones (excluding diaryl/α,β-unsaturated/α-hetero) is 1. The van der Waals surface area contributed by atoms with Gasteiger partial charge in [0.2, 0.25) is 0 Å². The topological polar surface area (TPSA) is 88.5 Å². The molecular weight excluding hydrogens is 256 g/mol. The normalized spacial score (nSPS) is 11.8. The van der Waals surface area contributed by atoms with Crippen LogP contribution in [0.5, 0.6) is 5.75 Å². The van der Waals surface area contributed by atoms with Crippen molar-refractivity contribution in [2.24, 2.45) is 0 Å². The van der Waals surface area contributed by atoms with Crippen LogP contribution in [0.3, 0.4) is 0 Å². The van der Waals surface area contributed by atoms with Crippen LogP contribution in [0.25, 0.3) is 0 Å². The first-order valence-corrected chi connectivity index (χ1v) is 6.23. The predicted octanol–water partition coefficient (Wildman–Crippen LogP) is 0.740. The van der Waals surface area contributed by atoms with Crippen LogP contribution >= 0.6 is 11.9 Å². The maximum atomic E-state index is 11.4. The van der Waals surface area contributed by atoms with Crippen LogP contribution in [0, 0.1) is 0 Å². The molecule has 1 heterocycles. The standard InChI is InChI=1S/C11H14N2O4S/c1-8(11(15)16)13-18-7-9(14)6-17-10-3-2-4-12-5-10/h2-5,8,13H,6-7H2,1H3,(H,15,16)/t8-/m0/s1. The fourth-order valence-corrected chi connectivity index (χ4v) is 1.61. The number of ether oxygens (including phenoxy) is 1. The van der Waals surface area contributed by atoms with Crippen LogP contribution in [0.1, 0.15) is 6.92 Å². The summed E-state index contributed by atoms with van der Waals surface area (Å²) < 4.78 is 7.84. The number of aliphatic carboxylic acids is 1. The van der Waals surface area contributed by atoms with E-state index in [2.05, 4.69) is 9.71 Å². The number of hydrogen-bond donors (Lipinski definition) is 2. The highest BCUT2D eigenvalue weighted by atomic mass is 32.2. The molecule has 1 aromatic rings. The third-order valence-electron chi connectivity index (χ3n) is 1.90. The van der Waals surface area contributed by atoms with Crippen molar-refractivity contribution < 1.29 is 19.4 Å². The lowest BCUT2D eigenvalue weighted by Gasteiger charge is -2.08. The number of hydrogen-bond acceptors (Lipinski definition) is 6. The van der Waals surface area contributed by atoms with Crippen molar-refractivity contribution >= 4 is 23.7 Å². The molecule has 98 valence electrons. The average Bonchev–Trinajstić information content (AvgIpc) is 2.37. The summed E-state index contributed by atoms with van der Waals surface area (Å²) in [6.07, 6.45) is 3.13. The highest BCUT2D eigenvalue weighted by Gasteiger charge is 2.11. The van der Waals surface area contributed by atoms with Gasteiger partial charge in [-0.15, -0.1) is 0 Å². The lowest BCUT2D eigenvalue weighted by Crippen LogP contribution is -2.30. The van der Waals surface area contributed by atoms with Gasteiger partial charge < -0.3 is 9.84 Å². The quantitative estimate of drug-likeness (QED) is 0.673. The van der Waals surface area contributed by atoms with Crippen molar-refractivity contribution in [3.05, 3.63) is 24.5 Å². The molecule has 0 aromatic carbocycles. The third-order valence-corrected chi connectivity index (χ3v) is 2.88. The summed E-state index contributed by atoms with van der Waals surface area (Å²) >= 11 is 1.06. The number of carbonyl (C=O) groups is 2. The molecule has 0 saturated carbocycles. The van der Waals surface area contributed by atoms with E-state index < -0.39 is 12.0 Å². The van der Waals surface area contributed by atoms with E-state index in [0.29, 0.717) is 5.75 Å². The Morgan fingerprint density at radius 1 is 1.61 bits per heavy atom. The second-order valence-electron chi connectivity index (χ2n) is 3.48. The smallest absolute Gasteiger partial charge is 0.321 e. The Balaban J connectivity index is 2.17. The van der Waals surface area contributed by atoms with E-state index in [0.717, 1.165) is 11.9 Å². The number of rotatable bonds is 8. The number of nitrogens with one attached hydrogen (secondary N) is 1. The van der Waals surface area contributed by atoms with Gasteiger partial charge >= 0.3 is 5.97 Å². The van der Waals surface area contributed by atoms with Crippen LogP contribution < -0.4 is 9.46 Å². The number of carbonyl (C=O) groups excluding carboxylic acids is 1. The van der Waals surface area contributed by atoms with Gasteiger partial charge in [-0.05, 0) is 19.1 Å². The minimum atomic E-state index is -0.957. The van der Waals surface area contributed by atoms with Gasteiger partial charge in [-0.2, -0.15) is 0 Å². The summed E-state index contributed by atoms with van der Waals surface area (Å²) in [5.74, 6) is -0.407. The summed E-state index contributed by atoms with van der Waals surface area (Å²) in [5, 5.41) is 8.61. The number of aromatic nitrogens is 1. The fraction of sp³-hybridized carbons (Fsp3) is 0.364. The lowest BCUT2D eigenvalue weighted by atomic mass is 10.4. The second-order valence-corrected chi connectivity index (χ2v) is 4.30. The van der Waals surface area contributed by atoms with Crippen LogP contribution in [0.4, 0.5) is 0 Å². The Kier molecular flexibility index (Phi) is 6.16. The van der Waals surface area contributed by atoms with Crippen molar-refractivity contribution in [2.45, 2.75) is 13.0 Å². The Morgan fingerprint density at radius 3 is 3.00 bits per heavy atom. The number of ketones is 1. The molecule has 18 heavy (non-hydrogen) atoms. The van der Waals surface area contributed by atoms with Gasteiger partial charge in [0.05, 0.1) is 11.9 Å². The van der Waals surface area contributed by atoms with Crippen LogP contribution in [0.2, 0.25) is 0 Å². The maximum absolute atomic E-state index is 11.4. The average molecular weight is 270 g/mol. The summed E-state index contributed by atoms with van der Waals surface area (Å²) in [7, 11) is 0. The fourth-order valence-electron chi connectivity index (χ4n) is 0.936. The minimum absolute atomic E-state index is 0.0537. The molecule has 7 heteroatoms. The summed E-state index contributed by atoms with van der Waals surface area (Å²) in [4.78, 5) is 25.8. The van der Waals surface area contributed by atoms with Crippen LogP contribution in [-0.2, 0) is 9.59 Å². The molecule has 0 aliphatic heterocycles. The van der Waals surface area contributed by atoms with Gasteiger partial charge in [0.25, 0.3) is 0 Å². The molecule has 1 rings (SSSR count). The van der Waals surface area contributed by atoms with Crippen molar-refractivity contribution in [1.82, 2.24) is 9.71 Å². The first kappa shape index (κ1) is 14.5. The minimum Gasteiger partial charge on any atom is -0.484 e. The molecule has 0 aliphatic carbocycles. The van der Waals surface area contributed by atoms with Crippen molar-refractivity contribution in [3.63, 3.8) is 0 Å². The van der Waals surface area contributed by atoms with Crippen LogP contribution in [0.15, 0.2) is 24.5 Å². The Hall–Kier alpha value is -1.60. The van der Waals surface area contributed by atoms with E-state index in [-0.39, 0.29) is 18.1 Å². The summed E-state index contributed by atoms with van der Waals surface area (Å²) in [6, 6.07) is 2.73. The van der Waals surface area contributed by atoms with Gasteiger partial charge in [-0.1, -0.05) is 11.9 Å². The van der Waals surface area contributed by atoms with Crippen molar-refractivity contribution in [1.29, 1.82) is 0 Å². The van der Waals surface area contributed by atoms with Gasteiger partial charge in [-0.25, -0.2) is 4.72 Å². The zero-order valence-electron chi connectivity index (χ0n) is 9.83. The molecule has 1 aromatic heterocycles. The third kappa shape index (κ3) is 5.65. The first-order chi connectivity index (χ1) is 8.59. The van der Waals surface area contributed by atoms with Crippen LogP contribution in [-0.4, -0.2) is 40.2 Å². The molecule has 1 atom stereocenters. The largest absolute Gasteiger partial charge is 0.484 e. The number of nitrogens with zero attached hydrogens (tertiary/aromatic N) is 1. The molecule has 0 fully saturated rings. The Labute approximate surface area is 109 Å². The molecule has 0 bridgehead atoms. The zero-order valence-corrected chi connectivity index (χ0v) is 10.6. The summed E-state index contributed by atoms with van der Waals surface area (Å²) in [5.41, 5.74) is 0. The van der Waals surface area contributed by atoms with E-state index in [9.17, 15) is 9.59 Å². The molecular formula is C11H14N2O4S. The van der Waals surface area contributed by atoms with E-state index in [1.165, 1.54) is 13.1 Å². The first-order valence-electron chi connectivity index (χ1n) is 5.24. The van der Waals surface area contributed by atoms with Crippen molar-refractivity contribution in [3.8, 4) is 5.75 Å². The van der Waals surface area contributed by atoms with Gasteiger partial charge in [-0.3, -0.25) is 14.6 Å². The lowest BCUT2D eigenvalue weighted by molar-refractivity contribution is -0.138. The van der Waals surface area contributed by atoms with E-state index in [1.54, 1.807) is 18.3 Å². The predicted molar refractivity (Wildman–Crippen MR) is 67.4 cm³/mol. The zero-order chi connectivity index (χ0) is 13.4. The molecule has 0 aliphatic rings. The molecule has 0 saturated heterocycles. The monoisotopic (exact) mass is 270 g/mol. The molecule has 2 N–H and O–H groups in total. The van der Waals surface area contributed by atoms with E-state index in [1.807, 2.05) is 0 Å². The van der Waals surface area contributed by atoms with E-state index in [4.69, 9.17) is 9.84 Å². The molecule has 0 unspecified atom stereocenters. The Bertz CT molecular complexity index is 399. The van der Waals surface area contributed by atoms with Gasteiger partial charge in [0.1, 0.15) is 18.4 Å². The van der Waals surface area contributed by atoms with E-state index >= 15 is 0 Å². The number of pyridine rings is 1. The highest BCUT2D eigenvalue weighted by Crippen LogP contribution is 2.06. The summed E-state index contributed by atoms with van der Waals surface area (Å²) in [6.45, 7) is 1.45. The molecule has 6 nitrogen and oxygen atoms in total. The molecule has 0 spiro atoms. The van der Waals surface area contributed by atoms with Gasteiger partial charge in [0.15, 0.2) is 5.78 Å². The molecule has 0 amide bonds. The molecule has 0 radical (unpaired) electrons. The highest BCUT2D eigenvalue weighted by molar-refractivity contribution is 7.98. The van der Waals surface area contributed by atoms with Gasteiger partial charge in [0, 0.05) is 6.20 Å².